The zero-order valence-electron chi connectivity index (χ0n) is 38.1. The highest BCUT2D eigenvalue weighted by atomic mass is 16.4. The lowest BCUT2D eigenvalue weighted by Gasteiger charge is -2.29. The molecule has 4 rings (SSSR count). The van der Waals surface area contributed by atoms with Crippen molar-refractivity contribution >= 4 is 41.2 Å². The molecular weight excluding hydrogens is 821 g/mol. The van der Waals surface area contributed by atoms with Crippen LogP contribution in [0.5, 0.6) is 11.5 Å². The van der Waals surface area contributed by atoms with E-state index in [-0.39, 0.29) is 79.2 Å². The quantitative estimate of drug-likeness (QED) is 0.0721. The number of nitrogens with zero attached hydrogens (tertiary/aromatic N) is 2. The Kier molecular flexibility index (Phi) is 20.2. The topological polar surface area (TPSA) is 231 Å². The summed E-state index contributed by atoms with van der Waals surface area (Å²) in [5.74, 6) is -5.94. The van der Waals surface area contributed by atoms with Gasteiger partial charge in [-0.1, -0.05) is 103 Å². The van der Waals surface area contributed by atoms with E-state index in [0.717, 1.165) is 24.2 Å². The van der Waals surface area contributed by atoms with Crippen molar-refractivity contribution in [1.29, 1.82) is 0 Å². The third-order valence-electron chi connectivity index (χ3n) is 12.6. The molecule has 1 fully saturated rings. The van der Waals surface area contributed by atoms with Crippen molar-refractivity contribution in [1.82, 2.24) is 20.4 Å². The molecule has 6 atom stereocenters. The molecule has 1 unspecified atom stereocenters. The van der Waals surface area contributed by atoms with Crippen molar-refractivity contribution in [2.45, 2.75) is 173 Å². The first-order chi connectivity index (χ1) is 30.5. The van der Waals surface area contributed by atoms with Gasteiger partial charge in [-0.2, -0.15) is 0 Å². The number of hydrogen-bond acceptors (Lipinski definition) is 10. The van der Waals surface area contributed by atoms with Crippen LogP contribution in [0.1, 0.15) is 154 Å². The summed E-state index contributed by atoms with van der Waals surface area (Å²) < 4.78 is 0. The molecule has 0 aromatic heterocycles. The summed E-state index contributed by atoms with van der Waals surface area (Å²) in [7, 11) is 1.37. The van der Waals surface area contributed by atoms with Crippen LogP contribution in [0.15, 0.2) is 36.4 Å². The molecular formula is C49H70N4O11. The molecule has 6 N–H and O–H groups in total. The van der Waals surface area contributed by atoms with E-state index in [9.17, 15) is 54.0 Å². The summed E-state index contributed by atoms with van der Waals surface area (Å²) in [5.41, 5.74) is 0.946. The molecule has 2 aliphatic rings. The number of carbonyl (C=O) groups is 7. The second kappa shape index (κ2) is 25.2. The lowest BCUT2D eigenvalue weighted by molar-refractivity contribution is -0.143. The minimum Gasteiger partial charge on any atom is -0.507 e. The molecule has 2 aromatic rings. The number of phenolic OH excluding ortho intramolecular Hbond substituents is 2. The number of nitrogens with one attached hydrogen (secondary N) is 2. The number of ketones is 2. The molecule has 0 radical (unpaired) electrons. The van der Waals surface area contributed by atoms with E-state index in [1.54, 1.807) is 0 Å². The predicted octanol–water partition coefficient (Wildman–Crippen LogP) is 6.28. The number of hydrogen-bond donors (Lipinski definition) is 6. The molecule has 15 heteroatoms. The van der Waals surface area contributed by atoms with Crippen LogP contribution >= 0.6 is 0 Å². The van der Waals surface area contributed by atoms with Gasteiger partial charge in [0.1, 0.15) is 29.6 Å². The second-order valence-corrected chi connectivity index (χ2v) is 17.9. The molecule has 0 saturated carbocycles. The lowest BCUT2D eigenvalue weighted by Crippen LogP contribution is -2.50. The fraction of sp³-hybridized carbons (Fsp3) is 0.612. The van der Waals surface area contributed by atoms with Gasteiger partial charge >= 0.3 is 5.97 Å². The number of carbonyl (C=O) groups excluding carboxylic acids is 6. The van der Waals surface area contributed by atoms with E-state index in [2.05, 4.69) is 17.6 Å². The predicted molar refractivity (Wildman–Crippen MR) is 241 cm³/mol. The van der Waals surface area contributed by atoms with Crippen LogP contribution in [-0.2, 0) is 40.0 Å². The van der Waals surface area contributed by atoms with Crippen molar-refractivity contribution in [3.05, 3.63) is 47.5 Å². The maximum atomic E-state index is 14.0. The Bertz CT molecular complexity index is 1950. The monoisotopic (exact) mass is 891 g/mol. The summed E-state index contributed by atoms with van der Waals surface area (Å²) >= 11 is 0. The molecule has 4 bridgehead atoms. The van der Waals surface area contributed by atoms with Crippen LogP contribution in [0.3, 0.4) is 0 Å². The zero-order chi connectivity index (χ0) is 46.9. The standard InChI is InChI=1S/C49H70N4O11/c1-5-6-7-8-9-10-11-12-13-14-15-16-17-18-45(60)53-30-35(54)29-39(53)48(62)50-32(3)40(55)23-24-44(59)52(4)46-34-20-22-42(57)37(28-34)36-26-33(19-21-41(36)56)27-38(49(63)64)51-47(61)31(2)25-43(46)58/h19-22,26,28,31-32,35,38-39,46,54,56-57H,5-18,23-25,27,29-30H2,1-4H3,(H,50,62)(H,51,61)(H,63,64)/t31-,32-,35?,38+,39-,46+/m1/s1. The number of carboxylic acids is 1. The average Bonchev–Trinajstić information content (AvgIpc) is 3.66. The maximum Gasteiger partial charge on any atom is 0.326 e. The molecule has 0 aliphatic carbocycles. The lowest BCUT2D eigenvalue weighted by atomic mass is 9.89. The third-order valence-corrected chi connectivity index (χ3v) is 12.6. The number of Topliss-reactive ketones (excluding diaryl/α,β-unsaturated/α-hetero) is 2. The van der Waals surface area contributed by atoms with Gasteiger partial charge in [0.05, 0.1) is 12.1 Å². The van der Waals surface area contributed by atoms with E-state index < -0.39 is 71.4 Å². The Hall–Kier alpha value is -5.31. The summed E-state index contributed by atoms with van der Waals surface area (Å²) in [6, 6.07) is 3.87. The van der Waals surface area contributed by atoms with E-state index in [0.29, 0.717) is 12.0 Å². The number of unbranched alkanes of at least 4 members (excludes halogenated alkanes) is 12. The van der Waals surface area contributed by atoms with Gasteiger partial charge in [0.15, 0.2) is 11.6 Å². The molecule has 15 nitrogen and oxygen atoms in total. The van der Waals surface area contributed by atoms with Gasteiger partial charge in [-0.05, 0) is 48.7 Å². The summed E-state index contributed by atoms with van der Waals surface area (Å²) in [6.45, 7) is 5.20. The zero-order valence-corrected chi connectivity index (χ0v) is 38.1. The molecule has 2 aromatic carbocycles. The number of aliphatic carboxylic acids is 1. The number of carboxylic acid groups (broad SMARTS) is 1. The minimum absolute atomic E-state index is 0.0286. The van der Waals surface area contributed by atoms with Crippen molar-refractivity contribution in [3.8, 4) is 22.6 Å². The molecule has 2 heterocycles. The van der Waals surface area contributed by atoms with Gasteiger partial charge in [-0.3, -0.25) is 28.8 Å². The number of aliphatic hydroxyl groups excluding tert-OH is 1. The average molecular weight is 891 g/mol. The summed E-state index contributed by atoms with van der Waals surface area (Å²) in [5, 5.41) is 47.1. The number of fused-ring (bicyclic) bond motifs is 5. The van der Waals surface area contributed by atoms with Crippen molar-refractivity contribution in [2.75, 3.05) is 13.6 Å². The van der Waals surface area contributed by atoms with Gasteiger partial charge < -0.3 is 40.9 Å². The highest BCUT2D eigenvalue weighted by Crippen LogP contribution is 2.39. The number of amides is 4. The highest BCUT2D eigenvalue weighted by Gasteiger charge is 2.39. The van der Waals surface area contributed by atoms with Crippen LogP contribution in [0.2, 0.25) is 0 Å². The van der Waals surface area contributed by atoms with Crippen LogP contribution in [0.25, 0.3) is 11.1 Å². The first-order valence-electron chi connectivity index (χ1n) is 23.3. The van der Waals surface area contributed by atoms with Gasteiger partial charge in [0.2, 0.25) is 23.6 Å². The Morgan fingerprint density at radius 2 is 1.39 bits per heavy atom. The van der Waals surface area contributed by atoms with Crippen LogP contribution < -0.4 is 10.6 Å². The van der Waals surface area contributed by atoms with Gasteiger partial charge in [0, 0.05) is 69.2 Å². The maximum absolute atomic E-state index is 14.0. The fourth-order valence-electron chi connectivity index (χ4n) is 8.68. The van der Waals surface area contributed by atoms with E-state index in [1.807, 2.05) is 0 Å². The Labute approximate surface area is 377 Å². The highest BCUT2D eigenvalue weighted by molar-refractivity contribution is 5.97. The number of aromatic hydroxyl groups is 2. The molecule has 2 aliphatic heterocycles. The number of aliphatic hydroxyl groups is 1. The van der Waals surface area contributed by atoms with E-state index in [4.69, 9.17) is 0 Å². The van der Waals surface area contributed by atoms with Gasteiger partial charge in [-0.25, -0.2) is 4.79 Å². The van der Waals surface area contributed by atoms with Gasteiger partial charge in [-0.15, -0.1) is 0 Å². The molecule has 4 amide bonds. The third kappa shape index (κ3) is 14.9. The number of phenols is 2. The number of rotatable bonds is 22. The number of β-amino-alcohol motifs (C(OH)–C–C–N with tert-alkyl or cyclic N) is 1. The van der Waals surface area contributed by atoms with Crippen LogP contribution in [0, 0.1) is 5.92 Å². The number of benzene rings is 2. The number of likely N-dealkylation sites (N-methyl/N-ethyl adjacent to an activating group) is 1. The van der Waals surface area contributed by atoms with E-state index >= 15 is 0 Å². The number of likely N-dealkylation sites (tertiary alicyclic amines) is 1. The van der Waals surface area contributed by atoms with Crippen molar-refractivity contribution < 1.29 is 54.0 Å². The largest absolute Gasteiger partial charge is 0.507 e. The van der Waals surface area contributed by atoms with Crippen LogP contribution in [0.4, 0.5) is 0 Å². The Morgan fingerprint density at radius 1 is 0.812 bits per heavy atom. The Morgan fingerprint density at radius 3 is 2.00 bits per heavy atom. The summed E-state index contributed by atoms with van der Waals surface area (Å²) in [6.07, 6.45) is 13.5. The molecule has 64 heavy (non-hydrogen) atoms. The van der Waals surface area contributed by atoms with Crippen molar-refractivity contribution in [3.63, 3.8) is 0 Å². The smallest absolute Gasteiger partial charge is 0.326 e. The SMILES string of the molecule is CCCCCCCCCCCCCCCC(=O)N1CC(O)C[C@@H]1C(=O)N[C@H](C)C(=O)CCC(=O)N(C)[C@@H]1C(=O)C[C@@H](C)C(=O)N[C@H](C(=O)O)Cc2ccc(O)c(c2)-c2cc1ccc2O. The van der Waals surface area contributed by atoms with Crippen molar-refractivity contribution in [2.24, 2.45) is 5.92 Å². The fourth-order valence-corrected chi connectivity index (χ4v) is 8.68. The summed E-state index contributed by atoms with van der Waals surface area (Å²) in [4.78, 5) is 95.6. The first kappa shape index (κ1) is 51.3. The second-order valence-electron chi connectivity index (χ2n) is 17.9. The Balaban J connectivity index is 1.34. The first-order valence-corrected chi connectivity index (χ1v) is 23.3. The molecule has 1 saturated heterocycles. The van der Waals surface area contributed by atoms with E-state index in [1.165, 1.54) is 120 Å². The normalized spacial score (nSPS) is 20.5. The van der Waals surface area contributed by atoms with Gasteiger partial charge in [0.25, 0.3) is 0 Å². The van der Waals surface area contributed by atoms with Crippen LogP contribution in [-0.4, -0.2) is 109 Å². The molecule has 0 spiro atoms. The molecule has 352 valence electrons. The minimum atomic E-state index is -1.36.